The molecule has 4 heteroatoms. The average molecular weight is 269 g/mol. The van der Waals surface area contributed by atoms with Crippen LogP contribution in [0.1, 0.15) is 36.8 Å². The Kier molecular flexibility index (Phi) is 3.53. The fourth-order valence-electron chi connectivity index (χ4n) is 3.00. The van der Waals surface area contributed by atoms with E-state index in [2.05, 4.69) is 0 Å². The van der Waals surface area contributed by atoms with Crippen LogP contribution in [0.3, 0.4) is 0 Å². The third kappa shape index (κ3) is 1.87. The largest absolute Gasteiger partial charge is 0.495 e. The van der Waals surface area contributed by atoms with E-state index in [4.69, 9.17) is 16.3 Å². The van der Waals surface area contributed by atoms with Crippen LogP contribution in [0.4, 0.5) is 0 Å². The summed E-state index contributed by atoms with van der Waals surface area (Å²) >= 11 is 6.13. The van der Waals surface area contributed by atoms with Gasteiger partial charge in [0.15, 0.2) is 0 Å². The van der Waals surface area contributed by atoms with Crippen molar-refractivity contribution in [3.05, 3.63) is 28.3 Å². The Balaban J connectivity index is 2.68. The molecule has 0 atom stereocenters. The fourth-order valence-corrected chi connectivity index (χ4v) is 3.23. The summed E-state index contributed by atoms with van der Waals surface area (Å²) in [5.74, 6) is -0.260. The first-order valence-corrected chi connectivity index (χ1v) is 6.47. The minimum absolute atomic E-state index is 0.477. The minimum atomic E-state index is -0.833. The van der Waals surface area contributed by atoms with Crippen LogP contribution in [-0.2, 0) is 10.2 Å². The second kappa shape index (κ2) is 4.81. The van der Waals surface area contributed by atoms with E-state index in [1.807, 2.05) is 13.0 Å². The number of hydrogen-bond acceptors (Lipinski definition) is 2. The van der Waals surface area contributed by atoms with E-state index in [0.717, 1.165) is 24.0 Å². The van der Waals surface area contributed by atoms with Crippen molar-refractivity contribution in [2.24, 2.45) is 0 Å². The van der Waals surface area contributed by atoms with Crippen LogP contribution in [0.15, 0.2) is 12.1 Å². The van der Waals surface area contributed by atoms with Gasteiger partial charge in [-0.2, -0.15) is 0 Å². The number of aryl methyl sites for hydroxylation is 1. The lowest BCUT2D eigenvalue weighted by molar-refractivity contribution is -0.143. The van der Waals surface area contributed by atoms with E-state index in [-0.39, 0.29) is 0 Å². The minimum Gasteiger partial charge on any atom is -0.495 e. The summed E-state index contributed by atoms with van der Waals surface area (Å²) in [6.07, 6.45) is 3.17. The monoisotopic (exact) mass is 268 g/mol. The molecule has 98 valence electrons. The number of methoxy groups -OCH3 is 1. The van der Waals surface area contributed by atoms with Gasteiger partial charge in [-0.1, -0.05) is 30.5 Å². The van der Waals surface area contributed by atoms with Crippen molar-refractivity contribution < 1.29 is 14.6 Å². The van der Waals surface area contributed by atoms with Gasteiger partial charge in [-0.05, 0) is 31.4 Å². The highest BCUT2D eigenvalue weighted by molar-refractivity contribution is 6.32. The van der Waals surface area contributed by atoms with Crippen LogP contribution in [-0.4, -0.2) is 18.2 Å². The third-order valence-electron chi connectivity index (χ3n) is 3.87. The van der Waals surface area contributed by atoms with E-state index >= 15 is 0 Å². The molecule has 0 bridgehead atoms. The van der Waals surface area contributed by atoms with Crippen molar-refractivity contribution in [2.75, 3.05) is 7.11 Å². The quantitative estimate of drug-likeness (QED) is 0.912. The normalized spacial score (nSPS) is 17.7. The smallest absolute Gasteiger partial charge is 0.314 e. The van der Waals surface area contributed by atoms with Gasteiger partial charge in [0.2, 0.25) is 0 Å². The van der Waals surface area contributed by atoms with Crippen LogP contribution >= 0.6 is 11.6 Å². The molecule has 1 aromatic rings. The van der Waals surface area contributed by atoms with Gasteiger partial charge in [-0.25, -0.2) is 0 Å². The molecule has 1 aliphatic rings. The van der Waals surface area contributed by atoms with Crippen molar-refractivity contribution in [2.45, 2.75) is 38.0 Å². The van der Waals surface area contributed by atoms with Gasteiger partial charge < -0.3 is 9.84 Å². The molecule has 1 aromatic carbocycles. The third-order valence-corrected chi connectivity index (χ3v) is 4.16. The van der Waals surface area contributed by atoms with Crippen molar-refractivity contribution in [3.63, 3.8) is 0 Å². The van der Waals surface area contributed by atoms with E-state index in [1.165, 1.54) is 7.11 Å². The number of hydrogen-bond donors (Lipinski definition) is 1. The first kappa shape index (κ1) is 13.2. The maximum Gasteiger partial charge on any atom is 0.314 e. The summed E-state index contributed by atoms with van der Waals surface area (Å²) in [4.78, 5) is 11.8. The zero-order chi connectivity index (χ0) is 13.3. The van der Waals surface area contributed by atoms with Crippen molar-refractivity contribution in [3.8, 4) is 5.75 Å². The van der Waals surface area contributed by atoms with Crippen LogP contribution in [0.2, 0.25) is 5.02 Å². The van der Waals surface area contributed by atoms with E-state index in [1.54, 1.807) is 6.07 Å². The Bertz CT molecular complexity index is 476. The van der Waals surface area contributed by atoms with E-state index in [9.17, 15) is 9.90 Å². The molecule has 0 aromatic heterocycles. The fraction of sp³-hybridized carbons (Fsp3) is 0.500. The number of carboxylic acid groups (broad SMARTS) is 1. The number of carbonyl (C=O) groups is 1. The first-order chi connectivity index (χ1) is 8.53. The maximum atomic E-state index is 11.8. The number of halogens is 1. The summed E-state index contributed by atoms with van der Waals surface area (Å²) < 4.78 is 5.35. The van der Waals surface area contributed by atoms with Gasteiger partial charge in [0.1, 0.15) is 5.75 Å². The summed E-state index contributed by atoms with van der Waals surface area (Å²) in [5, 5.41) is 10.1. The first-order valence-electron chi connectivity index (χ1n) is 6.10. The van der Waals surface area contributed by atoms with Crippen molar-refractivity contribution in [1.82, 2.24) is 0 Å². The highest BCUT2D eigenvalue weighted by Gasteiger charge is 2.46. The number of benzene rings is 1. The lowest BCUT2D eigenvalue weighted by Gasteiger charge is -2.28. The number of ether oxygens (including phenoxy) is 1. The van der Waals surface area contributed by atoms with Gasteiger partial charge >= 0.3 is 5.97 Å². The molecule has 1 fully saturated rings. The second-order valence-corrected chi connectivity index (χ2v) is 5.27. The Hall–Kier alpha value is -1.22. The molecule has 0 spiro atoms. The van der Waals surface area contributed by atoms with Crippen LogP contribution in [0.25, 0.3) is 0 Å². The lowest BCUT2D eigenvalue weighted by Crippen LogP contribution is -2.34. The Labute approximate surface area is 112 Å². The molecule has 1 aliphatic carbocycles. The summed E-state index contributed by atoms with van der Waals surface area (Å²) in [6.45, 7) is 1.91. The second-order valence-electron chi connectivity index (χ2n) is 4.87. The molecule has 0 radical (unpaired) electrons. The molecule has 1 N–H and O–H groups in total. The molecular weight excluding hydrogens is 252 g/mol. The number of rotatable bonds is 3. The summed E-state index contributed by atoms with van der Waals surface area (Å²) in [7, 11) is 1.54. The Morgan fingerprint density at radius 1 is 1.39 bits per heavy atom. The van der Waals surface area contributed by atoms with Crippen LogP contribution < -0.4 is 4.74 Å². The van der Waals surface area contributed by atoms with Crippen LogP contribution in [0.5, 0.6) is 5.75 Å². The zero-order valence-electron chi connectivity index (χ0n) is 10.6. The molecule has 18 heavy (non-hydrogen) atoms. The number of carboxylic acids is 1. The topological polar surface area (TPSA) is 46.5 Å². The van der Waals surface area contributed by atoms with Gasteiger partial charge in [0.05, 0.1) is 17.5 Å². The molecule has 0 aliphatic heterocycles. The predicted octanol–water partition coefficient (Wildman–Crippen LogP) is 3.55. The summed E-state index contributed by atoms with van der Waals surface area (Å²) in [5.41, 5.74) is 0.850. The Morgan fingerprint density at radius 2 is 2.00 bits per heavy atom. The lowest BCUT2D eigenvalue weighted by atomic mass is 9.76. The van der Waals surface area contributed by atoms with Crippen molar-refractivity contribution in [1.29, 1.82) is 0 Å². The van der Waals surface area contributed by atoms with E-state index in [0.29, 0.717) is 23.6 Å². The number of aliphatic carboxylic acids is 1. The SMILES string of the molecule is COc1c(Cl)ccc(C)c1C1(C(=O)O)CCCC1. The highest BCUT2D eigenvalue weighted by atomic mass is 35.5. The molecule has 1 saturated carbocycles. The molecule has 0 unspecified atom stereocenters. The van der Waals surface area contributed by atoms with Gasteiger partial charge in [-0.15, -0.1) is 0 Å². The zero-order valence-corrected chi connectivity index (χ0v) is 11.4. The van der Waals surface area contributed by atoms with Crippen LogP contribution in [0, 0.1) is 6.92 Å². The average Bonchev–Trinajstić information content (AvgIpc) is 2.82. The van der Waals surface area contributed by atoms with Gasteiger partial charge in [0, 0.05) is 5.56 Å². The molecular formula is C14H17ClO3. The summed E-state index contributed by atoms with van der Waals surface area (Å²) in [6, 6.07) is 3.62. The standard InChI is InChI=1S/C14H17ClO3/c1-9-5-6-10(15)12(18-2)11(9)14(13(16)17)7-3-4-8-14/h5-6H,3-4,7-8H2,1-2H3,(H,16,17). The predicted molar refractivity (Wildman–Crippen MR) is 70.5 cm³/mol. The van der Waals surface area contributed by atoms with Crippen molar-refractivity contribution >= 4 is 17.6 Å². The molecule has 0 saturated heterocycles. The van der Waals surface area contributed by atoms with E-state index < -0.39 is 11.4 Å². The maximum absolute atomic E-state index is 11.8. The molecule has 2 rings (SSSR count). The van der Waals surface area contributed by atoms with Gasteiger partial charge in [-0.3, -0.25) is 4.79 Å². The highest BCUT2D eigenvalue weighted by Crippen LogP contribution is 2.48. The van der Waals surface area contributed by atoms with Gasteiger partial charge in [0.25, 0.3) is 0 Å². The molecule has 3 nitrogen and oxygen atoms in total. The molecule has 0 heterocycles. The Morgan fingerprint density at radius 3 is 2.50 bits per heavy atom. The molecule has 0 amide bonds.